The van der Waals surface area contributed by atoms with Gasteiger partial charge in [-0.1, -0.05) is 57.2 Å². The molecule has 1 N–H and O–H groups in total. The minimum absolute atomic E-state index is 0.173. The fourth-order valence-electron chi connectivity index (χ4n) is 2.92. The van der Waals surface area contributed by atoms with Gasteiger partial charge in [0.05, 0.1) is 0 Å². The van der Waals surface area contributed by atoms with Gasteiger partial charge in [0.15, 0.2) is 0 Å². The van der Waals surface area contributed by atoms with E-state index in [-0.39, 0.29) is 5.41 Å². The lowest BCUT2D eigenvalue weighted by molar-refractivity contribution is 0.591. The third kappa shape index (κ3) is 3.11. The van der Waals surface area contributed by atoms with Gasteiger partial charge in [-0.3, -0.25) is 0 Å². The number of benzene rings is 2. The monoisotopic (exact) mass is 297 g/mol. The lowest BCUT2D eigenvalue weighted by atomic mass is 9.85. The van der Waals surface area contributed by atoms with Crippen LogP contribution in [0, 0.1) is 0 Å². The Morgan fingerprint density at radius 3 is 2.57 bits per heavy atom. The molecule has 3 rings (SSSR count). The van der Waals surface area contributed by atoms with E-state index in [0.717, 1.165) is 6.54 Å². The second kappa shape index (κ2) is 5.76. The molecule has 0 aromatic heterocycles. The summed E-state index contributed by atoms with van der Waals surface area (Å²) in [4.78, 5) is 1.45. The number of nitrogens with one attached hydrogen (secondary N) is 1. The van der Waals surface area contributed by atoms with E-state index in [1.165, 1.54) is 27.5 Å². The van der Waals surface area contributed by atoms with E-state index < -0.39 is 0 Å². The van der Waals surface area contributed by atoms with Crippen LogP contribution in [0.3, 0.4) is 0 Å². The van der Waals surface area contributed by atoms with Crippen molar-refractivity contribution in [3.63, 3.8) is 0 Å². The second-order valence-electron chi connectivity index (χ2n) is 6.72. The molecule has 1 aliphatic heterocycles. The zero-order valence-electron chi connectivity index (χ0n) is 13.0. The van der Waals surface area contributed by atoms with Crippen molar-refractivity contribution in [1.82, 2.24) is 0 Å². The quantitative estimate of drug-likeness (QED) is 0.826. The Morgan fingerprint density at radius 1 is 1.05 bits per heavy atom. The molecule has 21 heavy (non-hydrogen) atoms. The molecule has 110 valence electrons. The van der Waals surface area contributed by atoms with Crippen LogP contribution in [0.25, 0.3) is 0 Å². The van der Waals surface area contributed by atoms with E-state index in [1.807, 2.05) is 11.8 Å². The van der Waals surface area contributed by atoms with Crippen molar-refractivity contribution < 1.29 is 0 Å². The van der Waals surface area contributed by atoms with Gasteiger partial charge in [0, 0.05) is 28.8 Å². The predicted molar refractivity (Wildman–Crippen MR) is 93.5 cm³/mol. The first-order chi connectivity index (χ1) is 10.1. The first-order valence-corrected chi connectivity index (χ1v) is 8.59. The molecule has 0 fully saturated rings. The van der Waals surface area contributed by atoms with Crippen LogP contribution in [0.1, 0.15) is 37.8 Å². The molecule has 1 nitrogen and oxygen atoms in total. The van der Waals surface area contributed by atoms with E-state index in [2.05, 4.69) is 74.6 Å². The maximum atomic E-state index is 3.69. The molecule has 0 aliphatic carbocycles. The van der Waals surface area contributed by atoms with Crippen LogP contribution in [0.15, 0.2) is 53.4 Å². The first-order valence-electron chi connectivity index (χ1n) is 7.61. The number of fused-ring (bicyclic) bond motifs is 1. The highest BCUT2D eigenvalue weighted by Gasteiger charge is 2.23. The van der Waals surface area contributed by atoms with Crippen molar-refractivity contribution in [2.75, 3.05) is 17.6 Å². The van der Waals surface area contributed by atoms with Crippen LogP contribution in [0.2, 0.25) is 0 Å². The van der Waals surface area contributed by atoms with Gasteiger partial charge in [-0.05, 0) is 28.7 Å². The topological polar surface area (TPSA) is 12.0 Å². The van der Waals surface area contributed by atoms with E-state index in [0.29, 0.717) is 5.92 Å². The average Bonchev–Trinajstić information content (AvgIpc) is 2.88. The molecule has 0 spiro atoms. The Kier molecular flexibility index (Phi) is 3.99. The summed E-state index contributed by atoms with van der Waals surface area (Å²) in [6.45, 7) is 7.83. The molecule has 0 amide bonds. The Morgan fingerprint density at radius 2 is 1.76 bits per heavy atom. The first kappa shape index (κ1) is 14.5. The van der Waals surface area contributed by atoms with Gasteiger partial charge in [0.2, 0.25) is 0 Å². The van der Waals surface area contributed by atoms with Crippen LogP contribution in [0.5, 0.6) is 0 Å². The maximum Gasteiger partial charge on any atom is 0.0378 e. The van der Waals surface area contributed by atoms with Gasteiger partial charge in [0.25, 0.3) is 0 Å². The van der Waals surface area contributed by atoms with Crippen molar-refractivity contribution >= 4 is 17.4 Å². The van der Waals surface area contributed by atoms with E-state index in [4.69, 9.17) is 0 Å². The molecule has 2 aromatic carbocycles. The molecular weight excluding hydrogens is 274 g/mol. The van der Waals surface area contributed by atoms with E-state index in [9.17, 15) is 0 Å². The third-order valence-corrected chi connectivity index (χ3v) is 5.32. The lowest BCUT2D eigenvalue weighted by Gasteiger charge is -2.24. The number of rotatable bonds is 3. The zero-order valence-corrected chi connectivity index (χ0v) is 13.8. The Hall–Kier alpha value is -1.41. The van der Waals surface area contributed by atoms with Crippen LogP contribution in [-0.4, -0.2) is 12.3 Å². The zero-order chi connectivity index (χ0) is 14.9. The molecule has 1 atom stereocenters. The van der Waals surface area contributed by atoms with E-state index in [1.54, 1.807) is 0 Å². The largest absolute Gasteiger partial charge is 0.384 e. The molecule has 2 heteroatoms. The summed E-state index contributed by atoms with van der Waals surface area (Å²) in [5.74, 6) is 1.79. The third-order valence-electron chi connectivity index (χ3n) is 4.07. The summed E-state index contributed by atoms with van der Waals surface area (Å²) < 4.78 is 0. The summed E-state index contributed by atoms with van der Waals surface area (Å²) in [6, 6.07) is 17.5. The summed E-state index contributed by atoms with van der Waals surface area (Å²) >= 11 is 1.98. The molecule has 1 unspecified atom stereocenters. The average molecular weight is 297 g/mol. The summed E-state index contributed by atoms with van der Waals surface area (Å²) in [6.07, 6.45) is 0. The SMILES string of the molecule is CC(C)(C)c1ccccc1NCC1CSc2ccccc21. The minimum Gasteiger partial charge on any atom is -0.384 e. The number of hydrogen-bond acceptors (Lipinski definition) is 2. The van der Waals surface area contributed by atoms with Gasteiger partial charge in [0.1, 0.15) is 0 Å². The highest BCUT2D eigenvalue weighted by molar-refractivity contribution is 7.99. The fraction of sp³-hybridized carbons (Fsp3) is 0.368. The minimum atomic E-state index is 0.173. The fourth-order valence-corrected chi connectivity index (χ4v) is 4.18. The maximum absolute atomic E-state index is 3.69. The molecular formula is C19H23NS. The number of thioether (sulfide) groups is 1. The van der Waals surface area contributed by atoms with Gasteiger partial charge in [-0.2, -0.15) is 0 Å². The molecule has 0 saturated carbocycles. The second-order valence-corrected chi connectivity index (χ2v) is 7.78. The van der Waals surface area contributed by atoms with Crippen molar-refractivity contribution in [3.8, 4) is 0 Å². The molecule has 0 radical (unpaired) electrons. The molecule has 1 heterocycles. The lowest BCUT2D eigenvalue weighted by Crippen LogP contribution is -2.18. The summed E-state index contributed by atoms with van der Waals surface area (Å²) in [5, 5.41) is 3.69. The van der Waals surface area contributed by atoms with Gasteiger partial charge in [-0.15, -0.1) is 11.8 Å². The molecule has 0 saturated heterocycles. The van der Waals surface area contributed by atoms with Crippen LogP contribution in [0.4, 0.5) is 5.69 Å². The number of anilines is 1. The molecule has 1 aliphatic rings. The summed E-state index contributed by atoms with van der Waals surface area (Å²) in [5.41, 5.74) is 4.35. The van der Waals surface area contributed by atoms with Crippen molar-refractivity contribution in [1.29, 1.82) is 0 Å². The van der Waals surface area contributed by atoms with Crippen molar-refractivity contribution in [2.24, 2.45) is 0 Å². The van der Waals surface area contributed by atoms with E-state index >= 15 is 0 Å². The standard InChI is InChI=1S/C19H23NS/c1-19(2,3)16-9-5-6-10-17(16)20-12-14-13-21-18-11-7-4-8-15(14)18/h4-11,14,20H,12-13H2,1-3H3. The van der Waals surface area contributed by atoms with Crippen molar-refractivity contribution in [3.05, 3.63) is 59.7 Å². The number of para-hydroxylation sites is 1. The van der Waals surface area contributed by atoms with Crippen LogP contribution < -0.4 is 5.32 Å². The Labute approximate surface area is 132 Å². The van der Waals surface area contributed by atoms with Gasteiger partial charge >= 0.3 is 0 Å². The highest BCUT2D eigenvalue weighted by Crippen LogP contribution is 2.39. The predicted octanol–water partition coefficient (Wildman–Crippen LogP) is 5.29. The smallest absolute Gasteiger partial charge is 0.0378 e. The Bertz CT molecular complexity index is 627. The Balaban J connectivity index is 1.75. The summed E-state index contributed by atoms with van der Waals surface area (Å²) in [7, 11) is 0. The van der Waals surface area contributed by atoms with Crippen LogP contribution >= 0.6 is 11.8 Å². The van der Waals surface area contributed by atoms with Gasteiger partial charge < -0.3 is 5.32 Å². The van der Waals surface area contributed by atoms with Crippen LogP contribution in [-0.2, 0) is 5.41 Å². The number of hydrogen-bond donors (Lipinski definition) is 1. The molecule has 0 bridgehead atoms. The van der Waals surface area contributed by atoms with Crippen molar-refractivity contribution in [2.45, 2.75) is 37.0 Å². The van der Waals surface area contributed by atoms with Gasteiger partial charge in [-0.25, -0.2) is 0 Å². The normalized spacial score (nSPS) is 17.6. The highest BCUT2D eigenvalue weighted by atomic mass is 32.2. The molecule has 2 aromatic rings.